The van der Waals surface area contributed by atoms with Crippen LogP contribution in [0.25, 0.3) is 0 Å². The van der Waals surface area contributed by atoms with Crippen molar-refractivity contribution in [3.63, 3.8) is 0 Å². The molecule has 1 aliphatic heterocycles. The quantitative estimate of drug-likeness (QED) is 0.488. The molecule has 1 fully saturated rings. The van der Waals surface area contributed by atoms with Crippen molar-refractivity contribution in [2.75, 3.05) is 25.2 Å². The number of hydrogen-bond acceptors (Lipinski definition) is 6. The maximum absolute atomic E-state index is 13.6. The Morgan fingerprint density at radius 2 is 1.89 bits per heavy atom. The smallest absolute Gasteiger partial charge is 0.416 e. The summed E-state index contributed by atoms with van der Waals surface area (Å²) in [4.78, 5) is 30.1. The van der Waals surface area contributed by atoms with Gasteiger partial charge in [0.2, 0.25) is 0 Å². The number of nitrogens with zero attached hydrogens (tertiary/aromatic N) is 2. The van der Waals surface area contributed by atoms with Crippen LogP contribution in [-0.2, 0) is 10.9 Å². The molecule has 188 valence electrons. The summed E-state index contributed by atoms with van der Waals surface area (Å²) in [7, 11) is 1.43. The summed E-state index contributed by atoms with van der Waals surface area (Å²) in [5.74, 6) is -1.70. The molecular formula is C25H21F3N2O6. The zero-order chi connectivity index (χ0) is 25.9. The lowest BCUT2D eigenvalue weighted by Crippen LogP contribution is -2.27. The van der Waals surface area contributed by atoms with Crippen molar-refractivity contribution >= 4 is 23.3 Å². The number of halogens is 3. The van der Waals surface area contributed by atoms with E-state index in [1.54, 1.807) is 0 Å². The van der Waals surface area contributed by atoms with Crippen LogP contribution < -0.4 is 14.4 Å². The first-order chi connectivity index (χ1) is 17.2. The Balaban J connectivity index is 1.88. The summed E-state index contributed by atoms with van der Waals surface area (Å²) in [6, 6.07) is 9.61. The van der Waals surface area contributed by atoms with Crippen molar-refractivity contribution in [3.8, 4) is 11.5 Å². The predicted octanol–water partition coefficient (Wildman–Crippen LogP) is 4.95. The molecule has 1 aliphatic rings. The number of hydrogen-bond donors (Lipinski definition) is 1. The lowest BCUT2D eigenvalue weighted by atomic mass is 10.1. The summed E-state index contributed by atoms with van der Waals surface area (Å²) in [6.07, 6.45) is -1.79. The first-order valence-corrected chi connectivity index (χ1v) is 10.8. The molecule has 1 saturated heterocycles. The second-order valence-electron chi connectivity index (χ2n) is 7.89. The molecule has 0 unspecified atom stereocenters. The highest BCUT2D eigenvalue weighted by Crippen LogP contribution is 2.39. The highest BCUT2D eigenvalue weighted by molar-refractivity contribution is 6.11. The highest BCUT2D eigenvalue weighted by Gasteiger charge is 2.34. The molecule has 3 aromatic rings. The molecule has 36 heavy (non-hydrogen) atoms. The van der Waals surface area contributed by atoms with Gasteiger partial charge >= 0.3 is 12.1 Å². The summed E-state index contributed by atoms with van der Waals surface area (Å²) in [6.45, 7) is 0.863. The lowest BCUT2D eigenvalue weighted by molar-refractivity contribution is -0.137. The number of carbonyl (C=O) groups is 2. The number of benzene rings is 2. The number of anilines is 2. The average Bonchev–Trinajstić information content (AvgIpc) is 3.37. The first kappa shape index (κ1) is 25.0. The van der Waals surface area contributed by atoms with E-state index in [4.69, 9.17) is 14.2 Å². The molecule has 0 aliphatic carbocycles. The van der Waals surface area contributed by atoms with Gasteiger partial charge in [0.25, 0.3) is 5.91 Å². The zero-order valence-corrected chi connectivity index (χ0v) is 19.0. The summed E-state index contributed by atoms with van der Waals surface area (Å²) >= 11 is 0. The Hall–Kier alpha value is -4.12. The fourth-order valence-electron chi connectivity index (χ4n) is 3.71. The summed E-state index contributed by atoms with van der Waals surface area (Å²) < 4.78 is 57.6. The number of aromatic carboxylic acids is 1. The number of carboxylic acid groups (broad SMARTS) is 1. The van der Waals surface area contributed by atoms with Gasteiger partial charge in [0, 0.05) is 24.9 Å². The molecule has 0 saturated carbocycles. The van der Waals surface area contributed by atoms with Gasteiger partial charge in [-0.05, 0) is 42.5 Å². The van der Waals surface area contributed by atoms with Crippen LogP contribution in [0.4, 0.5) is 24.5 Å². The van der Waals surface area contributed by atoms with E-state index in [0.717, 1.165) is 17.0 Å². The molecule has 0 radical (unpaired) electrons. The first-order valence-electron chi connectivity index (χ1n) is 10.8. The van der Waals surface area contributed by atoms with E-state index in [1.165, 1.54) is 49.8 Å². The minimum Gasteiger partial charge on any atom is -0.493 e. The van der Waals surface area contributed by atoms with Crippen molar-refractivity contribution in [2.45, 2.75) is 18.7 Å². The molecule has 1 amide bonds. The van der Waals surface area contributed by atoms with Crippen LogP contribution in [0.15, 0.2) is 60.9 Å². The van der Waals surface area contributed by atoms with Gasteiger partial charge in [-0.3, -0.25) is 14.7 Å². The number of carboxylic acids is 1. The molecule has 1 atom stereocenters. The van der Waals surface area contributed by atoms with Crippen LogP contribution in [0.3, 0.4) is 0 Å². The number of ether oxygens (including phenoxy) is 3. The van der Waals surface area contributed by atoms with Crippen LogP contribution in [-0.4, -0.2) is 48.4 Å². The van der Waals surface area contributed by atoms with Crippen molar-refractivity contribution in [2.24, 2.45) is 0 Å². The minimum absolute atomic E-state index is 0.0780. The topological polar surface area (TPSA) is 98.2 Å². The van der Waals surface area contributed by atoms with Gasteiger partial charge in [-0.15, -0.1) is 0 Å². The second kappa shape index (κ2) is 10.2. The van der Waals surface area contributed by atoms with Gasteiger partial charge in [0.05, 0.1) is 48.4 Å². The maximum Gasteiger partial charge on any atom is 0.416 e. The Bertz CT molecular complexity index is 1260. The number of aromatic nitrogens is 1. The summed E-state index contributed by atoms with van der Waals surface area (Å²) in [5, 5.41) is 9.45. The normalized spacial score (nSPS) is 15.4. The predicted molar refractivity (Wildman–Crippen MR) is 122 cm³/mol. The van der Waals surface area contributed by atoms with Crippen molar-refractivity contribution < 1.29 is 42.1 Å². The number of pyridine rings is 1. The second-order valence-corrected chi connectivity index (χ2v) is 7.89. The number of rotatable bonds is 7. The van der Waals surface area contributed by atoms with Crippen LogP contribution in [0.5, 0.6) is 11.5 Å². The van der Waals surface area contributed by atoms with Gasteiger partial charge < -0.3 is 19.3 Å². The fraction of sp³-hybridized carbons (Fsp3) is 0.240. The van der Waals surface area contributed by atoms with Crippen molar-refractivity contribution in [1.82, 2.24) is 4.98 Å². The minimum atomic E-state index is -4.85. The van der Waals surface area contributed by atoms with Crippen LogP contribution >= 0.6 is 0 Å². The van der Waals surface area contributed by atoms with Crippen molar-refractivity contribution in [3.05, 3.63) is 77.6 Å². The van der Waals surface area contributed by atoms with E-state index < -0.39 is 29.2 Å². The van der Waals surface area contributed by atoms with Gasteiger partial charge in [-0.1, -0.05) is 0 Å². The third-order valence-electron chi connectivity index (χ3n) is 5.45. The van der Waals surface area contributed by atoms with E-state index in [9.17, 15) is 27.9 Å². The Morgan fingerprint density at radius 1 is 1.08 bits per heavy atom. The largest absolute Gasteiger partial charge is 0.493 e. The van der Waals surface area contributed by atoms with Gasteiger partial charge in [-0.2, -0.15) is 13.2 Å². The number of alkyl halides is 3. The van der Waals surface area contributed by atoms with Crippen LogP contribution in [0.2, 0.25) is 0 Å². The van der Waals surface area contributed by atoms with E-state index in [0.29, 0.717) is 31.5 Å². The van der Waals surface area contributed by atoms with Gasteiger partial charge in [-0.25, -0.2) is 4.79 Å². The Kier molecular flexibility index (Phi) is 7.11. The van der Waals surface area contributed by atoms with E-state index in [1.807, 2.05) is 0 Å². The molecular weight excluding hydrogens is 481 g/mol. The molecule has 2 aromatic carbocycles. The maximum atomic E-state index is 13.6. The molecule has 2 heterocycles. The Morgan fingerprint density at radius 3 is 2.50 bits per heavy atom. The van der Waals surface area contributed by atoms with Crippen molar-refractivity contribution in [1.29, 1.82) is 0 Å². The lowest BCUT2D eigenvalue weighted by Gasteiger charge is -2.26. The molecule has 1 N–H and O–H groups in total. The molecule has 1 aromatic heterocycles. The third-order valence-corrected chi connectivity index (χ3v) is 5.45. The average molecular weight is 502 g/mol. The van der Waals surface area contributed by atoms with Gasteiger partial charge in [0.1, 0.15) is 6.10 Å². The molecule has 4 rings (SSSR count). The molecule has 0 bridgehead atoms. The number of methoxy groups -OCH3 is 1. The highest BCUT2D eigenvalue weighted by atomic mass is 19.4. The standard InChI is InChI=1S/C25H21F3N2O6/c1-34-21-5-4-18(12-22(21)36-20-6-8-35-14-20)30(23(31)15-3-2-7-29-13-15)19-10-16(24(32)33)9-17(11-19)25(26,27)28/h2-5,7,9-13,20H,6,8,14H2,1H3,(H,32,33)/t20-/m1/s1. The van der Waals surface area contributed by atoms with E-state index in [2.05, 4.69) is 4.98 Å². The monoisotopic (exact) mass is 502 g/mol. The fourth-order valence-corrected chi connectivity index (χ4v) is 3.71. The Labute approximate surface area is 203 Å². The van der Waals surface area contributed by atoms with Crippen LogP contribution in [0.1, 0.15) is 32.7 Å². The summed E-state index contributed by atoms with van der Waals surface area (Å²) in [5.41, 5.74) is -1.92. The third kappa shape index (κ3) is 5.41. The molecule has 0 spiro atoms. The van der Waals surface area contributed by atoms with Gasteiger partial charge in [0.15, 0.2) is 11.5 Å². The molecule has 8 nitrogen and oxygen atoms in total. The van der Waals surface area contributed by atoms with E-state index in [-0.39, 0.29) is 28.8 Å². The number of amides is 1. The number of carbonyl (C=O) groups excluding carboxylic acids is 1. The molecule has 11 heteroatoms. The SMILES string of the molecule is COc1ccc(N(C(=O)c2cccnc2)c2cc(C(=O)O)cc(C(F)(F)F)c2)cc1O[C@@H]1CCOC1. The zero-order valence-electron chi connectivity index (χ0n) is 19.0. The van der Waals surface area contributed by atoms with Crippen LogP contribution in [0, 0.1) is 0 Å². The van der Waals surface area contributed by atoms with E-state index >= 15 is 0 Å².